The van der Waals surface area contributed by atoms with Gasteiger partial charge in [0.25, 0.3) is 0 Å². The van der Waals surface area contributed by atoms with Crippen molar-refractivity contribution in [1.29, 1.82) is 0 Å². The van der Waals surface area contributed by atoms with Crippen molar-refractivity contribution in [2.75, 3.05) is 0 Å². The Morgan fingerprint density at radius 1 is 1.54 bits per heavy atom. The molecule has 0 fully saturated rings. The second kappa shape index (κ2) is 3.20. The van der Waals surface area contributed by atoms with Crippen molar-refractivity contribution < 1.29 is 4.79 Å². The van der Waals surface area contributed by atoms with Gasteiger partial charge in [0.1, 0.15) is 0 Å². The van der Waals surface area contributed by atoms with E-state index >= 15 is 0 Å². The van der Waals surface area contributed by atoms with Gasteiger partial charge in [-0.3, -0.25) is 4.79 Å². The lowest BCUT2D eigenvalue weighted by molar-refractivity contribution is 0.101. The molecule has 2 nitrogen and oxygen atoms in total. The van der Waals surface area contributed by atoms with E-state index < -0.39 is 0 Å². The summed E-state index contributed by atoms with van der Waals surface area (Å²) in [5.74, 6) is 0.0214. The summed E-state index contributed by atoms with van der Waals surface area (Å²) in [6, 6.07) is 5.77. The first-order valence-corrected chi connectivity index (χ1v) is 5.35. The van der Waals surface area contributed by atoms with Crippen LogP contribution in [-0.2, 0) is 0 Å². The molecule has 0 atom stereocenters. The van der Waals surface area contributed by atoms with Crippen molar-refractivity contribution >= 4 is 43.3 Å². The van der Waals surface area contributed by atoms with Crippen LogP contribution in [0.3, 0.4) is 0 Å². The highest BCUT2D eigenvalue weighted by Crippen LogP contribution is 2.29. The molecule has 1 aromatic heterocycles. The molecule has 0 aliphatic heterocycles. The quantitative estimate of drug-likeness (QED) is 0.733. The maximum absolute atomic E-state index is 11.1. The van der Waals surface area contributed by atoms with Crippen LogP contribution in [-0.4, -0.2) is 10.8 Å². The molecule has 66 valence electrons. The Balaban J connectivity index is 2.75. The number of halogens is 1. The lowest BCUT2D eigenvalue weighted by atomic mass is 10.3. The third-order valence-electron chi connectivity index (χ3n) is 1.67. The first kappa shape index (κ1) is 8.84. The summed E-state index contributed by atoms with van der Waals surface area (Å²) >= 11 is 4.84. The van der Waals surface area contributed by atoms with Gasteiger partial charge in [-0.05, 0) is 28.1 Å². The predicted molar refractivity (Wildman–Crippen MR) is 57.3 cm³/mol. The number of fused-ring (bicyclic) bond motifs is 1. The van der Waals surface area contributed by atoms with Crippen molar-refractivity contribution in [3.8, 4) is 0 Å². The normalized spacial score (nSPS) is 10.6. The number of ketones is 1. The number of hydrogen-bond acceptors (Lipinski definition) is 3. The Hall–Kier alpha value is -0.740. The second-order valence-electron chi connectivity index (χ2n) is 2.66. The average molecular weight is 256 g/mol. The number of hydrogen-bond donors (Lipinski definition) is 0. The Kier molecular flexibility index (Phi) is 2.17. The number of carbonyl (C=O) groups excluding carboxylic acids is 1. The smallest absolute Gasteiger partial charge is 0.188 e. The predicted octanol–water partition coefficient (Wildman–Crippen LogP) is 3.26. The molecule has 0 N–H and O–H groups in total. The lowest BCUT2D eigenvalue weighted by Crippen LogP contribution is -1.87. The first-order valence-electron chi connectivity index (χ1n) is 3.74. The molecule has 0 aliphatic rings. The van der Waals surface area contributed by atoms with Crippen molar-refractivity contribution in [2.24, 2.45) is 0 Å². The fraction of sp³-hybridized carbons (Fsp3) is 0.111. The zero-order chi connectivity index (χ0) is 9.42. The van der Waals surface area contributed by atoms with Crippen molar-refractivity contribution in [2.45, 2.75) is 6.92 Å². The fourth-order valence-corrected chi connectivity index (χ4v) is 2.53. The topological polar surface area (TPSA) is 30.0 Å². The number of Topliss-reactive ketones (excluding diaryl/α,β-unsaturated/α-hetero) is 1. The first-order chi connectivity index (χ1) is 6.18. The molecule has 0 aliphatic carbocycles. The van der Waals surface area contributed by atoms with Gasteiger partial charge in [-0.15, -0.1) is 11.3 Å². The molecule has 0 saturated carbocycles. The Morgan fingerprint density at radius 2 is 2.31 bits per heavy atom. The number of aromatic nitrogens is 1. The van der Waals surface area contributed by atoms with Gasteiger partial charge in [-0.1, -0.05) is 6.07 Å². The Bertz CT molecular complexity index is 477. The third kappa shape index (κ3) is 1.51. The summed E-state index contributed by atoms with van der Waals surface area (Å²) < 4.78 is 2.03. The molecular formula is C9H6BrNOS. The molecule has 0 spiro atoms. The van der Waals surface area contributed by atoms with E-state index in [9.17, 15) is 4.79 Å². The molecule has 0 saturated heterocycles. The van der Waals surface area contributed by atoms with Crippen LogP contribution in [0.2, 0.25) is 0 Å². The van der Waals surface area contributed by atoms with Gasteiger partial charge in [0.05, 0.1) is 10.2 Å². The van der Waals surface area contributed by atoms with Crippen LogP contribution >= 0.6 is 27.3 Å². The molecule has 0 amide bonds. The van der Waals surface area contributed by atoms with E-state index in [-0.39, 0.29) is 5.78 Å². The molecular weight excluding hydrogens is 250 g/mol. The standard InChI is InChI=1S/C9H6BrNOS/c1-5(12)9-11-7-4-2-3-6(10)8(7)13-9/h2-4H,1H3. The molecule has 2 aromatic rings. The van der Waals surface area contributed by atoms with Gasteiger partial charge in [0.2, 0.25) is 0 Å². The summed E-state index contributed by atoms with van der Waals surface area (Å²) in [6.07, 6.45) is 0. The maximum Gasteiger partial charge on any atom is 0.188 e. The summed E-state index contributed by atoms with van der Waals surface area (Å²) in [6.45, 7) is 1.53. The number of rotatable bonds is 1. The van der Waals surface area contributed by atoms with E-state index in [0.717, 1.165) is 14.7 Å². The fourth-order valence-electron chi connectivity index (χ4n) is 1.07. The molecule has 0 unspecified atom stereocenters. The van der Waals surface area contributed by atoms with Crippen LogP contribution in [0.4, 0.5) is 0 Å². The van der Waals surface area contributed by atoms with E-state index in [1.165, 1.54) is 18.3 Å². The van der Waals surface area contributed by atoms with Gasteiger partial charge in [0, 0.05) is 11.4 Å². The maximum atomic E-state index is 11.1. The number of thiazole rings is 1. The van der Waals surface area contributed by atoms with Crippen LogP contribution in [0, 0.1) is 0 Å². The summed E-state index contributed by atoms with van der Waals surface area (Å²) in [7, 11) is 0. The SMILES string of the molecule is CC(=O)c1nc2cccc(Br)c2s1. The van der Waals surface area contributed by atoms with Crippen molar-refractivity contribution in [1.82, 2.24) is 4.98 Å². The highest BCUT2D eigenvalue weighted by atomic mass is 79.9. The summed E-state index contributed by atoms with van der Waals surface area (Å²) in [4.78, 5) is 15.3. The Labute approximate surface area is 87.7 Å². The molecule has 13 heavy (non-hydrogen) atoms. The minimum Gasteiger partial charge on any atom is -0.292 e. The van der Waals surface area contributed by atoms with Gasteiger partial charge < -0.3 is 0 Å². The van der Waals surface area contributed by atoms with Gasteiger partial charge in [-0.2, -0.15) is 0 Å². The molecule has 4 heteroatoms. The zero-order valence-electron chi connectivity index (χ0n) is 6.87. The van der Waals surface area contributed by atoms with Crippen LogP contribution < -0.4 is 0 Å². The van der Waals surface area contributed by atoms with Gasteiger partial charge in [0.15, 0.2) is 10.8 Å². The van der Waals surface area contributed by atoms with Crippen LogP contribution in [0.1, 0.15) is 16.7 Å². The van der Waals surface area contributed by atoms with Crippen molar-refractivity contribution in [3.63, 3.8) is 0 Å². The second-order valence-corrected chi connectivity index (χ2v) is 4.52. The monoisotopic (exact) mass is 255 g/mol. The highest BCUT2D eigenvalue weighted by molar-refractivity contribution is 9.10. The zero-order valence-corrected chi connectivity index (χ0v) is 9.28. The van der Waals surface area contributed by atoms with Gasteiger partial charge >= 0.3 is 0 Å². The molecule has 1 aromatic carbocycles. The molecule has 1 heterocycles. The van der Waals surface area contributed by atoms with E-state index in [0.29, 0.717) is 5.01 Å². The molecule has 0 bridgehead atoms. The lowest BCUT2D eigenvalue weighted by Gasteiger charge is -1.88. The summed E-state index contributed by atoms with van der Waals surface area (Å²) in [5.41, 5.74) is 0.879. The molecule has 0 radical (unpaired) electrons. The minimum atomic E-state index is 0.0214. The molecule has 2 rings (SSSR count). The third-order valence-corrected chi connectivity index (χ3v) is 3.80. The van der Waals surface area contributed by atoms with E-state index in [4.69, 9.17) is 0 Å². The van der Waals surface area contributed by atoms with Crippen molar-refractivity contribution in [3.05, 3.63) is 27.7 Å². The number of nitrogens with zero attached hydrogens (tertiary/aromatic N) is 1. The van der Waals surface area contributed by atoms with Gasteiger partial charge in [-0.25, -0.2) is 4.98 Å². The Morgan fingerprint density at radius 3 is 2.92 bits per heavy atom. The van der Waals surface area contributed by atoms with Crippen LogP contribution in [0.5, 0.6) is 0 Å². The van der Waals surface area contributed by atoms with E-state index in [2.05, 4.69) is 20.9 Å². The largest absolute Gasteiger partial charge is 0.292 e. The van der Waals surface area contributed by atoms with E-state index in [1.54, 1.807) is 0 Å². The van der Waals surface area contributed by atoms with Crippen LogP contribution in [0.25, 0.3) is 10.2 Å². The highest BCUT2D eigenvalue weighted by Gasteiger charge is 2.08. The van der Waals surface area contributed by atoms with Crippen LogP contribution in [0.15, 0.2) is 22.7 Å². The number of benzene rings is 1. The van der Waals surface area contributed by atoms with E-state index in [1.807, 2.05) is 18.2 Å². The minimum absolute atomic E-state index is 0.0214. The summed E-state index contributed by atoms with van der Waals surface area (Å²) in [5, 5.41) is 0.571. The average Bonchev–Trinajstić information content (AvgIpc) is 2.49. The number of carbonyl (C=O) groups is 1.